The van der Waals surface area contributed by atoms with Crippen molar-refractivity contribution >= 4 is 11.8 Å². The Hall–Kier alpha value is -2.56. The third-order valence-electron chi connectivity index (χ3n) is 4.36. The Morgan fingerprint density at radius 2 is 1.79 bits per heavy atom. The first kappa shape index (κ1) is 16.3. The predicted molar refractivity (Wildman–Crippen MR) is 90.7 cm³/mol. The van der Waals surface area contributed by atoms with E-state index in [-0.39, 0.29) is 11.8 Å². The van der Waals surface area contributed by atoms with Gasteiger partial charge in [0.1, 0.15) is 0 Å². The second-order valence-corrected chi connectivity index (χ2v) is 6.14. The van der Waals surface area contributed by atoms with E-state index in [0.717, 1.165) is 6.42 Å². The van der Waals surface area contributed by atoms with Gasteiger partial charge in [0.15, 0.2) is 5.76 Å². The number of amides is 2. The molecule has 3 rings (SSSR count). The summed E-state index contributed by atoms with van der Waals surface area (Å²) in [6, 6.07) is 11.6. The molecule has 24 heavy (non-hydrogen) atoms. The van der Waals surface area contributed by atoms with E-state index in [2.05, 4.69) is 25.1 Å². The highest BCUT2D eigenvalue weighted by atomic mass is 16.3. The summed E-state index contributed by atoms with van der Waals surface area (Å²) in [5.41, 5.74) is 2.40. The molecule has 5 nitrogen and oxygen atoms in total. The monoisotopic (exact) mass is 326 g/mol. The van der Waals surface area contributed by atoms with Gasteiger partial charge in [-0.1, -0.05) is 29.8 Å². The molecule has 2 aromatic rings. The molecule has 0 unspecified atom stereocenters. The minimum absolute atomic E-state index is 0.105. The molecule has 0 radical (unpaired) electrons. The molecule has 0 spiro atoms. The van der Waals surface area contributed by atoms with Crippen LogP contribution in [0.5, 0.6) is 0 Å². The third kappa shape index (κ3) is 3.85. The Balaban J connectivity index is 1.47. The second kappa shape index (κ2) is 7.34. The Bertz CT molecular complexity index is 701. The van der Waals surface area contributed by atoms with Crippen molar-refractivity contribution in [1.82, 2.24) is 9.80 Å². The van der Waals surface area contributed by atoms with Crippen LogP contribution in [0.15, 0.2) is 47.1 Å². The lowest BCUT2D eigenvalue weighted by Gasteiger charge is -2.34. The van der Waals surface area contributed by atoms with Crippen molar-refractivity contribution < 1.29 is 14.0 Å². The van der Waals surface area contributed by atoms with Gasteiger partial charge in [-0.2, -0.15) is 0 Å². The zero-order valence-electron chi connectivity index (χ0n) is 13.9. The molecule has 1 fully saturated rings. The summed E-state index contributed by atoms with van der Waals surface area (Å²) in [4.78, 5) is 28.2. The van der Waals surface area contributed by atoms with Gasteiger partial charge in [0.05, 0.1) is 6.26 Å². The van der Waals surface area contributed by atoms with Crippen molar-refractivity contribution in [2.45, 2.75) is 19.8 Å². The van der Waals surface area contributed by atoms with Gasteiger partial charge in [-0.25, -0.2) is 0 Å². The van der Waals surface area contributed by atoms with Crippen molar-refractivity contribution in [2.75, 3.05) is 26.2 Å². The topological polar surface area (TPSA) is 53.8 Å². The van der Waals surface area contributed by atoms with E-state index in [0.29, 0.717) is 38.4 Å². The number of furan rings is 1. The van der Waals surface area contributed by atoms with Gasteiger partial charge in [-0.05, 0) is 31.0 Å². The fraction of sp³-hybridized carbons (Fsp3) is 0.368. The summed E-state index contributed by atoms with van der Waals surface area (Å²) in [6.45, 7) is 4.32. The van der Waals surface area contributed by atoms with E-state index in [1.54, 1.807) is 17.0 Å². The average molecular weight is 326 g/mol. The van der Waals surface area contributed by atoms with Crippen molar-refractivity contribution in [3.63, 3.8) is 0 Å². The first-order valence-electron chi connectivity index (χ1n) is 8.29. The van der Waals surface area contributed by atoms with Crippen LogP contribution in [0.3, 0.4) is 0 Å². The molecule has 5 heteroatoms. The molecule has 1 aromatic carbocycles. The number of hydrogen-bond donors (Lipinski definition) is 0. The van der Waals surface area contributed by atoms with Gasteiger partial charge < -0.3 is 14.2 Å². The fourth-order valence-corrected chi connectivity index (χ4v) is 2.99. The molecule has 1 aromatic heterocycles. The minimum Gasteiger partial charge on any atom is -0.459 e. The number of rotatable bonds is 4. The molecule has 1 saturated heterocycles. The van der Waals surface area contributed by atoms with E-state index < -0.39 is 0 Å². The van der Waals surface area contributed by atoms with Crippen LogP contribution in [0.25, 0.3) is 0 Å². The first-order chi connectivity index (χ1) is 11.6. The highest BCUT2D eigenvalue weighted by molar-refractivity contribution is 5.91. The molecule has 1 aliphatic rings. The van der Waals surface area contributed by atoms with E-state index >= 15 is 0 Å². The van der Waals surface area contributed by atoms with Gasteiger partial charge in [-0.3, -0.25) is 9.59 Å². The summed E-state index contributed by atoms with van der Waals surface area (Å²) in [5, 5.41) is 0. The summed E-state index contributed by atoms with van der Waals surface area (Å²) in [5.74, 6) is 0.405. The predicted octanol–water partition coefficient (Wildman–Crippen LogP) is 2.51. The number of hydrogen-bond acceptors (Lipinski definition) is 3. The van der Waals surface area contributed by atoms with Gasteiger partial charge >= 0.3 is 0 Å². The van der Waals surface area contributed by atoms with Crippen LogP contribution in [0.4, 0.5) is 0 Å². The van der Waals surface area contributed by atoms with Crippen LogP contribution in [0.1, 0.15) is 28.1 Å². The Morgan fingerprint density at radius 1 is 1.04 bits per heavy atom. The van der Waals surface area contributed by atoms with Gasteiger partial charge in [-0.15, -0.1) is 0 Å². The number of carbonyl (C=O) groups is 2. The van der Waals surface area contributed by atoms with Gasteiger partial charge in [0.2, 0.25) is 5.91 Å². The van der Waals surface area contributed by atoms with Crippen LogP contribution < -0.4 is 0 Å². The van der Waals surface area contributed by atoms with Gasteiger partial charge in [0, 0.05) is 32.6 Å². The maximum absolute atomic E-state index is 12.4. The lowest BCUT2D eigenvalue weighted by Crippen LogP contribution is -2.50. The van der Waals surface area contributed by atoms with Crippen molar-refractivity contribution in [2.24, 2.45) is 0 Å². The fourth-order valence-electron chi connectivity index (χ4n) is 2.99. The maximum atomic E-state index is 12.4. The Morgan fingerprint density at radius 3 is 2.46 bits per heavy atom. The van der Waals surface area contributed by atoms with Crippen LogP contribution >= 0.6 is 0 Å². The molecule has 0 atom stereocenters. The zero-order valence-corrected chi connectivity index (χ0v) is 13.9. The van der Waals surface area contributed by atoms with E-state index in [1.807, 2.05) is 11.0 Å². The van der Waals surface area contributed by atoms with Crippen LogP contribution in [0.2, 0.25) is 0 Å². The lowest BCUT2D eigenvalue weighted by atomic mass is 10.1. The maximum Gasteiger partial charge on any atom is 0.289 e. The quantitative estimate of drug-likeness (QED) is 0.867. The highest BCUT2D eigenvalue weighted by Gasteiger charge is 2.25. The zero-order chi connectivity index (χ0) is 16.9. The third-order valence-corrected chi connectivity index (χ3v) is 4.36. The average Bonchev–Trinajstić information content (AvgIpc) is 3.14. The van der Waals surface area contributed by atoms with Crippen molar-refractivity contribution in [3.05, 3.63) is 59.5 Å². The first-order valence-corrected chi connectivity index (χ1v) is 8.29. The molecule has 0 aliphatic carbocycles. The Labute approximate surface area is 141 Å². The molecule has 0 saturated carbocycles. The van der Waals surface area contributed by atoms with Crippen molar-refractivity contribution in [3.8, 4) is 0 Å². The number of piperazine rings is 1. The SMILES string of the molecule is Cc1cccc(CCC(=O)N2CCN(C(=O)c3ccco3)CC2)c1. The molecule has 1 aliphatic heterocycles. The number of aryl methyl sites for hydroxylation is 2. The summed E-state index contributed by atoms with van der Waals surface area (Å²) in [7, 11) is 0. The lowest BCUT2D eigenvalue weighted by molar-refractivity contribution is -0.132. The summed E-state index contributed by atoms with van der Waals surface area (Å²) in [6.07, 6.45) is 2.76. The normalized spacial score (nSPS) is 14.7. The smallest absolute Gasteiger partial charge is 0.289 e. The molecule has 2 heterocycles. The number of carbonyl (C=O) groups excluding carboxylic acids is 2. The molecular weight excluding hydrogens is 304 g/mol. The van der Waals surface area contributed by atoms with E-state index in [9.17, 15) is 9.59 Å². The largest absolute Gasteiger partial charge is 0.459 e. The molecular formula is C19H22N2O3. The van der Waals surface area contributed by atoms with Crippen molar-refractivity contribution in [1.29, 1.82) is 0 Å². The Kier molecular flexibility index (Phi) is 4.99. The molecule has 126 valence electrons. The molecule has 0 N–H and O–H groups in total. The standard InChI is InChI=1S/C19H22N2O3/c1-15-4-2-5-16(14-15)7-8-18(22)20-9-11-21(12-10-20)19(23)17-6-3-13-24-17/h2-6,13-14H,7-12H2,1H3. The minimum atomic E-state index is -0.105. The highest BCUT2D eigenvalue weighted by Crippen LogP contribution is 2.12. The van der Waals surface area contributed by atoms with E-state index in [1.165, 1.54) is 17.4 Å². The van der Waals surface area contributed by atoms with Gasteiger partial charge in [0.25, 0.3) is 5.91 Å². The summed E-state index contributed by atoms with van der Waals surface area (Å²) < 4.78 is 5.15. The second-order valence-electron chi connectivity index (χ2n) is 6.14. The summed E-state index contributed by atoms with van der Waals surface area (Å²) >= 11 is 0. The van der Waals surface area contributed by atoms with Crippen LogP contribution in [-0.2, 0) is 11.2 Å². The molecule has 0 bridgehead atoms. The van der Waals surface area contributed by atoms with Crippen LogP contribution in [-0.4, -0.2) is 47.8 Å². The van der Waals surface area contributed by atoms with E-state index in [4.69, 9.17) is 4.42 Å². The van der Waals surface area contributed by atoms with Crippen LogP contribution in [0, 0.1) is 6.92 Å². The molecule has 2 amide bonds. The number of benzene rings is 1. The number of nitrogens with zero attached hydrogens (tertiary/aromatic N) is 2.